The molecule has 0 atom stereocenters. The molecular weight excluding hydrogens is 164 g/mol. The molecule has 3 heteroatoms. The van der Waals surface area contributed by atoms with Gasteiger partial charge in [0, 0.05) is 6.54 Å². The highest BCUT2D eigenvalue weighted by molar-refractivity contribution is 5.77. The molecule has 0 aromatic carbocycles. The number of nitrogens with one attached hydrogen (secondary N) is 2. The van der Waals surface area contributed by atoms with E-state index in [1.165, 1.54) is 6.42 Å². The van der Waals surface area contributed by atoms with Gasteiger partial charge in [-0.1, -0.05) is 26.7 Å². The third kappa shape index (κ3) is 9.34. The van der Waals surface area contributed by atoms with Crippen molar-refractivity contribution in [3.05, 3.63) is 0 Å². The summed E-state index contributed by atoms with van der Waals surface area (Å²) in [5.41, 5.74) is 0. The summed E-state index contributed by atoms with van der Waals surface area (Å²) < 4.78 is 0. The minimum Gasteiger partial charge on any atom is -0.355 e. The molecule has 0 unspecified atom stereocenters. The Hall–Kier alpha value is -0.570. The van der Waals surface area contributed by atoms with Crippen molar-refractivity contribution in [1.82, 2.24) is 10.6 Å². The first-order valence-electron chi connectivity index (χ1n) is 5.28. The van der Waals surface area contributed by atoms with Crippen molar-refractivity contribution in [1.29, 1.82) is 0 Å². The normalized spacial score (nSPS) is 10.0. The van der Waals surface area contributed by atoms with Crippen LogP contribution in [0.25, 0.3) is 0 Å². The maximum absolute atomic E-state index is 11.1. The first kappa shape index (κ1) is 12.4. The average Bonchev–Trinajstić information content (AvgIpc) is 2.13. The van der Waals surface area contributed by atoms with Gasteiger partial charge in [0.25, 0.3) is 0 Å². The summed E-state index contributed by atoms with van der Waals surface area (Å²) in [5, 5.41) is 5.96. The number of hydrogen-bond acceptors (Lipinski definition) is 2. The quantitative estimate of drug-likeness (QED) is 0.561. The highest BCUT2D eigenvalue weighted by Gasteiger charge is 1.97. The molecule has 2 N–H and O–H groups in total. The predicted octanol–water partition coefficient (Wildman–Crippen LogP) is 1.29. The van der Waals surface area contributed by atoms with E-state index in [0.29, 0.717) is 6.54 Å². The summed E-state index contributed by atoms with van der Waals surface area (Å²) in [4.78, 5) is 11.1. The lowest BCUT2D eigenvalue weighted by molar-refractivity contribution is -0.120. The molecule has 0 rings (SSSR count). The van der Waals surface area contributed by atoms with Gasteiger partial charge in [0.2, 0.25) is 5.91 Å². The van der Waals surface area contributed by atoms with Gasteiger partial charge in [0.1, 0.15) is 0 Å². The standard InChI is InChI=1S/C10H22N2O/c1-3-5-7-11-9-10(13)12-8-6-4-2/h11H,3-9H2,1-2H3,(H,12,13). The zero-order chi connectivity index (χ0) is 9.94. The van der Waals surface area contributed by atoms with E-state index in [0.717, 1.165) is 32.4 Å². The largest absolute Gasteiger partial charge is 0.355 e. The zero-order valence-electron chi connectivity index (χ0n) is 8.86. The third-order valence-electron chi connectivity index (χ3n) is 1.85. The van der Waals surface area contributed by atoms with Crippen LogP contribution < -0.4 is 10.6 Å². The minimum atomic E-state index is 0.115. The molecule has 0 saturated carbocycles. The Bertz CT molecular complexity index is 126. The van der Waals surface area contributed by atoms with Crippen molar-refractivity contribution >= 4 is 5.91 Å². The van der Waals surface area contributed by atoms with Crippen LogP contribution in [0, 0.1) is 0 Å². The molecular formula is C10H22N2O. The van der Waals surface area contributed by atoms with Crippen molar-refractivity contribution in [2.45, 2.75) is 39.5 Å². The molecule has 0 bridgehead atoms. The van der Waals surface area contributed by atoms with E-state index < -0.39 is 0 Å². The molecule has 0 radical (unpaired) electrons. The summed E-state index contributed by atoms with van der Waals surface area (Å²) in [6.45, 7) is 6.47. The zero-order valence-corrected chi connectivity index (χ0v) is 8.86. The van der Waals surface area contributed by atoms with Crippen LogP contribution in [0.1, 0.15) is 39.5 Å². The molecule has 0 aliphatic heterocycles. The van der Waals surface area contributed by atoms with Crippen LogP contribution in [0.4, 0.5) is 0 Å². The predicted molar refractivity (Wildman–Crippen MR) is 55.7 cm³/mol. The SMILES string of the molecule is CCCCNCC(=O)NCCCC. The monoisotopic (exact) mass is 186 g/mol. The molecule has 3 nitrogen and oxygen atoms in total. The second-order valence-electron chi connectivity index (χ2n) is 3.23. The van der Waals surface area contributed by atoms with Crippen LogP contribution in [-0.4, -0.2) is 25.5 Å². The Kier molecular flexibility index (Phi) is 9.10. The van der Waals surface area contributed by atoms with E-state index >= 15 is 0 Å². The van der Waals surface area contributed by atoms with E-state index in [9.17, 15) is 4.79 Å². The fourth-order valence-electron chi connectivity index (χ4n) is 0.971. The molecule has 0 aliphatic carbocycles. The minimum absolute atomic E-state index is 0.115. The maximum Gasteiger partial charge on any atom is 0.233 e. The number of amides is 1. The van der Waals surface area contributed by atoms with Gasteiger partial charge in [-0.25, -0.2) is 0 Å². The fourth-order valence-corrected chi connectivity index (χ4v) is 0.971. The van der Waals surface area contributed by atoms with E-state index in [4.69, 9.17) is 0 Å². The van der Waals surface area contributed by atoms with Crippen molar-refractivity contribution in [3.63, 3.8) is 0 Å². The molecule has 13 heavy (non-hydrogen) atoms. The van der Waals surface area contributed by atoms with Crippen LogP contribution in [-0.2, 0) is 4.79 Å². The van der Waals surface area contributed by atoms with Gasteiger partial charge in [-0.2, -0.15) is 0 Å². The number of carbonyl (C=O) groups is 1. The van der Waals surface area contributed by atoms with Crippen LogP contribution >= 0.6 is 0 Å². The van der Waals surface area contributed by atoms with Gasteiger partial charge in [0.15, 0.2) is 0 Å². The van der Waals surface area contributed by atoms with Gasteiger partial charge in [-0.05, 0) is 19.4 Å². The van der Waals surface area contributed by atoms with Crippen LogP contribution in [0.5, 0.6) is 0 Å². The van der Waals surface area contributed by atoms with E-state index in [-0.39, 0.29) is 5.91 Å². The third-order valence-corrected chi connectivity index (χ3v) is 1.85. The molecule has 0 heterocycles. The highest BCUT2D eigenvalue weighted by atomic mass is 16.1. The molecule has 78 valence electrons. The number of unbranched alkanes of at least 4 members (excludes halogenated alkanes) is 2. The van der Waals surface area contributed by atoms with Gasteiger partial charge in [0.05, 0.1) is 6.54 Å². The van der Waals surface area contributed by atoms with Crippen LogP contribution in [0.15, 0.2) is 0 Å². The molecule has 0 aromatic heterocycles. The first-order chi connectivity index (χ1) is 6.31. The van der Waals surface area contributed by atoms with E-state index in [1.54, 1.807) is 0 Å². The number of rotatable bonds is 8. The molecule has 0 fully saturated rings. The number of hydrogen-bond donors (Lipinski definition) is 2. The maximum atomic E-state index is 11.1. The summed E-state index contributed by atoms with van der Waals surface area (Å²) >= 11 is 0. The summed E-state index contributed by atoms with van der Waals surface area (Å²) in [6, 6.07) is 0. The van der Waals surface area contributed by atoms with Crippen molar-refractivity contribution in [3.8, 4) is 0 Å². The van der Waals surface area contributed by atoms with E-state index in [1.807, 2.05) is 0 Å². The Morgan fingerprint density at radius 2 is 1.69 bits per heavy atom. The molecule has 0 spiro atoms. The highest BCUT2D eigenvalue weighted by Crippen LogP contribution is 1.83. The second kappa shape index (κ2) is 9.52. The van der Waals surface area contributed by atoms with Gasteiger partial charge >= 0.3 is 0 Å². The summed E-state index contributed by atoms with van der Waals surface area (Å²) in [5.74, 6) is 0.115. The van der Waals surface area contributed by atoms with Gasteiger partial charge < -0.3 is 10.6 Å². The van der Waals surface area contributed by atoms with Crippen molar-refractivity contribution in [2.24, 2.45) is 0 Å². The fraction of sp³-hybridized carbons (Fsp3) is 0.900. The average molecular weight is 186 g/mol. The Morgan fingerprint density at radius 3 is 2.31 bits per heavy atom. The van der Waals surface area contributed by atoms with Gasteiger partial charge in [-0.3, -0.25) is 4.79 Å². The van der Waals surface area contributed by atoms with Crippen LogP contribution in [0.3, 0.4) is 0 Å². The lowest BCUT2D eigenvalue weighted by Gasteiger charge is -2.05. The smallest absolute Gasteiger partial charge is 0.233 e. The second-order valence-corrected chi connectivity index (χ2v) is 3.23. The molecule has 0 aliphatic rings. The van der Waals surface area contributed by atoms with Gasteiger partial charge in [-0.15, -0.1) is 0 Å². The van der Waals surface area contributed by atoms with Crippen LogP contribution in [0.2, 0.25) is 0 Å². The van der Waals surface area contributed by atoms with E-state index in [2.05, 4.69) is 24.5 Å². The Labute approximate surface area is 81.3 Å². The first-order valence-corrected chi connectivity index (χ1v) is 5.28. The van der Waals surface area contributed by atoms with Crippen molar-refractivity contribution in [2.75, 3.05) is 19.6 Å². The summed E-state index contributed by atoms with van der Waals surface area (Å²) in [6.07, 6.45) is 4.51. The molecule has 0 aromatic rings. The summed E-state index contributed by atoms with van der Waals surface area (Å²) in [7, 11) is 0. The topological polar surface area (TPSA) is 41.1 Å². The lowest BCUT2D eigenvalue weighted by Crippen LogP contribution is -2.34. The Morgan fingerprint density at radius 1 is 1.08 bits per heavy atom. The Balaban J connectivity index is 3.11. The molecule has 1 amide bonds. The number of carbonyl (C=O) groups excluding carboxylic acids is 1. The lowest BCUT2D eigenvalue weighted by atomic mass is 10.3. The molecule has 0 saturated heterocycles. The van der Waals surface area contributed by atoms with Crippen molar-refractivity contribution < 1.29 is 4.79 Å².